The number of rotatable bonds is 1. The average Bonchev–Trinajstić information content (AvgIpc) is 1.88. The van der Waals surface area contributed by atoms with Gasteiger partial charge in [0.15, 0.2) is 0 Å². The lowest BCUT2D eigenvalue weighted by Crippen LogP contribution is -2.09. The number of hydrogen-bond acceptors (Lipinski definition) is 3. The molecule has 1 rings (SSSR count). The lowest BCUT2D eigenvalue weighted by Gasteiger charge is -2.05. The van der Waals surface area contributed by atoms with Crippen LogP contribution in [0, 0.1) is 0 Å². The molecule has 0 saturated heterocycles. The Kier molecular flexibility index (Phi) is 3.85. The molecule has 1 aromatic heterocycles. The van der Waals surface area contributed by atoms with E-state index in [-0.39, 0.29) is 18.4 Å². The molecule has 0 aromatic carbocycles. The first-order chi connectivity index (χ1) is 4.72. The van der Waals surface area contributed by atoms with Crippen LogP contribution in [0.1, 0.15) is 18.7 Å². The molecule has 0 fully saturated rings. The second-order valence-corrected chi connectivity index (χ2v) is 2.27. The molecular weight excluding hydrogens is 162 g/mol. The predicted octanol–water partition coefficient (Wildman–Crippen LogP) is 1.11. The minimum absolute atomic E-state index is 0. The third-order valence-corrected chi connectivity index (χ3v) is 1.30. The lowest BCUT2D eigenvalue weighted by atomic mass is 10.2. The van der Waals surface area contributed by atoms with Crippen molar-refractivity contribution in [3.63, 3.8) is 0 Å². The Morgan fingerprint density at radius 3 is 2.55 bits per heavy atom. The summed E-state index contributed by atoms with van der Waals surface area (Å²) in [6.07, 6.45) is 1.69. The van der Waals surface area contributed by atoms with Gasteiger partial charge in [-0.3, -0.25) is 4.98 Å². The highest BCUT2D eigenvalue weighted by Crippen LogP contribution is 2.12. The number of hydrogen-bond donors (Lipinski definition) is 2. The van der Waals surface area contributed by atoms with Crippen molar-refractivity contribution in [3.05, 3.63) is 24.0 Å². The molecule has 3 nitrogen and oxygen atoms in total. The minimum Gasteiger partial charge on any atom is -0.397 e. The van der Waals surface area contributed by atoms with E-state index in [0.29, 0.717) is 5.69 Å². The van der Waals surface area contributed by atoms with Crippen molar-refractivity contribution in [2.75, 3.05) is 5.73 Å². The maximum absolute atomic E-state index is 5.58. The van der Waals surface area contributed by atoms with Crippen molar-refractivity contribution < 1.29 is 0 Å². The van der Waals surface area contributed by atoms with E-state index in [0.717, 1.165) is 5.69 Å². The van der Waals surface area contributed by atoms with Crippen molar-refractivity contribution >= 4 is 18.1 Å². The topological polar surface area (TPSA) is 64.9 Å². The first kappa shape index (κ1) is 10.2. The normalized spacial score (nSPS) is 11.8. The van der Waals surface area contributed by atoms with Gasteiger partial charge in [-0.25, -0.2) is 0 Å². The Morgan fingerprint density at radius 1 is 1.55 bits per heavy atom. The molecule has 11 heavy (non-hydrogen) atoms. The Morgan fingerprint density at radius 2 is 2.18 bits per heavy atom. The summed E-state index contributed by atoms with van der Waals surface area (Å²) in [6.45, 7) is 1.86. The first-order valence-electron chi connectivity index (χ1n) is 3.18. The first-order valence-corrected chi connectivity index (χ1v) is 3.18. The summed E-state index contributed by atoms with van der Waals surface area (Å²) >= 11 is 0. The van der Waals surface area contributed by atoms with E-state index in [1.54, 1.807) is 18.3 Å². The number of nitrogen functional groups attached to an aromatic ring is 1. The molecule has 0 aliphatic carbocycles. The summed E-state index contributed by atoms with van der Waals surface area (Å²) in [5, 5.41) is 0. The van der Waals surface area contributed by atoms with Gasteiger partial charge >= 0.3 is 0 Å². The third kappa shape index (κ3) is 2.37. The van der Waals surface area contributed by atoms with Crippen LogP contribution >= 0.6 is 12.4 Å². The molecule has 0 radical (unpaired) electrons. The SMILES string of the molecule is C[C@H](N)c1ncccc1N.Cl. The highest BCUT2D eigenvalue weighted by molar-refractivity contribution is 5.85. The molecule has 1 heterocycles. The Labute approximate surface area is 72.2 Å². The van der Waals surface area contributed by atoms with Gasteiger partial charge in [-0.05, 0) is 19.1 Å². The smallest absolute Gasteiger partial charge is 0.0796 e. The number of aromatic nitrogens is 1. The number of nitrogens with zero attached hydrogens (tertiary/aromatic N) is 1. The summed E-state index contributed by atoms with van der Waals surface area (Å²) in [5.41, 5.74) is 12.6. The van der Waals surface area contributed by atoms with Gasteiger partial charge in [-0.15, -0.1) is 12.4 Å². The van der Waals surface area contributed by atoms with Crippen LogP contribution in [0.3, 0.4) is 0 Å². The van der Waals surface area contributed by atoms with Crippen LogP contribution < -0.4 is 11.5 Å². The number of pyridine rings is 1. The molecule has 1 aromatic rings. The molecule has 1 atom stereocenters. The van der Waals surface area contributed by atoms with Gasteiger partial charge in [0.2, 0.25) is 0 Å². The van der Waals surface area contributed by atoms with E-state index in [1.807, 2.05) is 6.92 Å². The zero-order valence-corrected chi connectivity index (χ0v) is 7.14. The highest BCUT2D eigenvalue weighted by atomic mass is 35.5. The lowest BCUT2D eigenvalue weighted by molar-refractivity contribution is 0.785. The standard InChI is InChI=1S/C7H11N3.ClH/c1-5(8)7-6(9)3-2-4-10-7;/h2-5H,8-9H2,1H3;1H/t5-;/m0./s1. The summed E-state index contributed by atoms with van der Waals surface area (Å²) < 4.78 is 0. The fourth-order valence-electron chi connectivity index (χ4n) is 0.810. The van der Waals surface area contributed by atoms with E-state index >= 15 is 0 Å². The van der Waals surface area contributed by atoms with Crippen molar-refractivity contribution in [2.24, 2.45) is 5.73 Å². The quantitative estimate of drug-likeness (QED) is 0.669. The fourth-order valence-corrected chi connectivity index (χ4v) is 0.810. The zero-order valence-electron chi connectivity index (χ0n) is 6.32. The Hall–Kier alpha value is -0.800. The Balaban J connectivity index is 0.000001000. The predicted molar refractivity (Wildman–Crippen MR) is 48.5 cm³/mol. The molecule has 0 amide bonds. The van der Waals surface area contributed by atoms with Crippen molar-refractivity contribution in [2.45, 2.75) is 13.0 Å². The molecule has 0 spiro atoms. The Bertz CT molecular complexity index is 225. The van der Waals surface area contributed by atoms with Gasteiger partial charge < -0.3 is 11.5 Å². The maximum atomic E-state index is 5.58. The van der Waals surface area contributed by atoms with Crippen molar-refractivity contribution in [3.8, 4) is 0 Å². The summed E-state index contributed by atoms with van der Waals surface area (Å²) in [4.78, 5) is 4.03. The molecule has 0 aliphatic rings. The molecule has 0 unspecified atom stereocenters. The van der Waals surface area contributed by atoms with Crippen LogP contribution in [0.25, 0.3) is 0 Å². The highest BCUT2D eigenvalue weighted by Gasteiger charge is 2.02. The van der Waals surface area contributed by atoms with Crippen LogP contribution in [-0.4, -0.2) is 4.98 Å². The number of anilines is 1. The van der Waals surface area contributed by atoms with Crippen LogP contribution in [-0.2, 0) is 0 Å². The van der Waals surface area contributed by atoms with Crippen molar-refractivity contribution in [1.29, 1.82) is 0 Å². The zero-order chi connectivity index (χ0) is 7.56. The molecule has 62 valence electrons. The molecule has 0 bridgehead atoms. The van der Waals surface area contributed by atoms with Gasteiger partial charge in [0.05, 0.1) is 11.4 Å². The van der Waals surface area contributed by atoms with Crippen LogP contribution in [0.2, 0.25) is 0 Å². The van der Waals surface area contributed by atoms with Gasteiger partial charge in [0.25, 0.3) is 0 Å². The fraction of sp³-hybridized carbons (Fsp3) is 0.286. The minimum atomic E-state index is -0.0822. The molecule has 0 aliphatic heterocycles. The van der Waals surface area contributed by atoms with E-state index in [9.17, 15) is 0 Å². The van der Waals surface area contributed by atoms with Crippen molar-refractivity contribution in [1.82, 2.24) is 4.98 Å². The molecular formula is C7H12ClN3. The van der Waals surface area contributed by atoms with E-state index in [4.69, 9.17) is 11.5 Å². The van der Waals surface area contributed by atoms with Gasteiger partial charge in [0.1, 0.15) is 0 Å². The van der Waals surface area contributed by atoms with Crippen LogP contribution in [0.5, 0.6) is 0 Å². The molecule has 4 N–H and O–H groups in total. The summed E-state index contributed by atoms with van der Waals surface area (Å²) in [6, 6.07) is 3.51. The van der Waals surface area contributed by atoms with Gasteiger partial charge in [-0.2, -0.15) is 0 Å². The third-order valence-electron chi connectivity index (χ3n) is 1.30. The second kappa shape index (κ2) is 4.16. The van der Waals surface area contributed by atoms with Gasteiger partial charge in [0, 0.05) is 12.2 Å². The molecule has 0 saturated carbocycles. The summed E-state index contributed by atoms with van der Waals surface area (Å²) in [7, 11) is 0. The van der Waals surface area contributed by atoms with E-state index in [1.165, 1.54) is 0 Å². The summed E-state index contributed by atoms with van der Waals surface area (Å²) in [5.74, 6) is 0. The molecule has 4 heteroatoms. The van der Waals surface area contributed by atoms with E-state index in [2.05, 4.69) is 4.98 Å². The van der Waals surface area contributed by atoms with Crippen LogP contribution in [0.15, 0.2) is 18.3 Å². The van der Waals surface area contributed by atoms with Gasteiger partial charge in [-0.1, -0.05) is 0 Å². The van der Waals surface area contributed by atoms with Crippen LogP contribution in [0.4, 0.5) is 5.69 Å². The monoisotopic (exact) mass is 173 g/mol. The maximum Gasteiger partial charge on any atom is 0.0796 e. The second-order valence-electron chi connectivity index (χ2n) is 2.27. The average molecular weight is 174 g/mol. The number of halogens is 1. The number of nitrogens with two attached hydrogens (primary N) is 2. The van der Waals surface area contributed by atoms with E-state index < -0.39 is 0 Å². The largest absolute Gasteiger partial charge is 0.397 e.